The monoisotopic (exact) mass is 908 g/mol. The Balaban J connectivity index is 2.28. The highest BCUT2D eigenvalue weighted by Crippen LogP contribution is 2.23. The van der Waals surface area contributed by atoms with Gasteiger partial charge in [-0.1, -0.05) is 230 Å². The molecule has 8 unspecified atom stereocenters. The predicted octanol–water partition coefficient (Wildman–Crippen LogP) is 11.4. The summed E-state index contributed by atoms with van der Waals surface area (Å²) < 4.78 is 11.1. The fourth-order valence-electron chi connectivity index (χ4n) is 8.43. The summed E-state index contributed by atoms with van der Waals surface area (Å²) in [7, 11) is 0. The predicted molar refractivity (Wildman–Crippen MR) is 264 cm³/mol. The maximum atomic E-state index is 13.1. The number of hydrogen-bond donors (Lipinski definition) is 7. The van der Waals surface area contributed by atoms with E-state index in [2.05, 4.69) is 43.5 Å². The van der Waals surface area contributed by atoms with Crippen LogP contribution in [0.25, 0.3) is 0 Å². The third kappa shape index (κ3) is 32.9. The molecule has 0 radical (unpaired) electrons. The van der Waals surface area contributed by atoms with E-state index in [1.165, 1.54) is 161 Å². The molecule has 1 aliphatic rings. The number of allylic oxidation sites excluding steroid dienone is 5. The third-order valence-corrected chi connectivity index (χ3v) is 12.8. The Morgan fingerprint density at radius 2 is 0.922 bits per heavy atom. The molecule has 0 bridgehead atoms. The Bertz CT molecular complexity index is 1120. The maximum Gasteiger partial charge on any atom is 0.249 e. The summed E-state index contributed by atoms with van der Waals surface area (Å²) in [5, 5.41) is 64.8. The molecule has 1 rings (SSSR count). The van der Waals surface area contributed by atoms with Crippen LogP contribution in [-0.2, 0) is 14.3 Å². The number of carbonyl (C=O) groups is 1. The van der Waals surface area contributed by atoms with Crippen LogP contribution in [0.4, 0.5) is 0 Å². The molecule has 0 spiro atoms. The van der Waals surface area contributed by atoms with Gasteiger partial charge in [-0.3, -0.25) is 4.79 Å². The number of ether oxygens (including phenoxy) is 2. The van der Waals surface area contributed by atoms with Crippen molar-refractivity contribution in [2.45, 2.75) is 288 Å². The topological polar surface area (TPSA) is 169 Å². The molecule has 376 valence electrons. The van der Waals surface area contributed by atoms with Crippen molar-refractivity contribution < 1.29 is 44.9 Å². The largest absolute Gasteiger partial charge is 0.394 e. The van der Waals surface area contributed by atoms with E-state index in [0.717, 1.165) is 44.9 Å². The molecule has 0 aromatic rings. The van der Waals surface area contributed by atoms with Crippen LogP contribution in [0.5, 0.6) is 0 Å². The van der Waals surface area contributed by atoms with Gasteiger partial charge in [0.25, 0.3) is 0 Å². The first-order valence-electron chi connectivity index (χ1n) is 26.8. The second kappa shape index (κ2) is 43.9. The highest BCUT2D eigenvalue weighted by Gasteiger charge is 2.44. The zero-order chi connectivity index (χ0) is 46.7. The first-order chi connectivity index (χ1) is 31.3. The quantitative estimate of drug-likeness (QED) is 0.0232. The van der Waals surface area contributed by atoms with E-state index in [0.29, 0.717) is 19.3 Å². The van der Waals surface area contributed by atoms with Crippen LogP contribution in [-0.4, -0.2) is 98.7 Å². The van der Waals surface area contributed by atoms with Gasteiger partial charge in [0.05, 0.1) is 25.4 Å². The highest BCUT2D eigenvalue weighted by molar-refractivity contribution is 5.80. The Labute approximate surface area is 392 Å². The van der Waals surface area contributed by atoms with Crippen molar-refractivity contribution in [1.82, 2.24) is 5.32 Å². The number of nitrogens with one attached hydrogen (secondary N) is 1. The minimum atomic E-state index is -1.62. The van der Waals surface area contributed by atoms with Crippen LogP contribution in [0.3, 0.4) is 0 Å². The first-order valence-corrected chi connectivity index (χ1v) is 26.8. The van der Waals surface area contributed by atoms with Crippen molar-refractivity contribution in [3.05, 3.63) is 36.5 Å². The first kappa shape index (κ1) is 60.4. The fourth-order valence-corrected chi connectivity index (χ4v) is 8.43. The molecule has 10 nitrogen and oxygen atoms in total. The van der Waals surface area contributed by atoms with E-state index in [4.69, 9.17) is 9.47 Å². The lowest BCUT2D eigenvalue weighted by Gasteiger charge is -2.40. The van der Waals surface area contributed by atoms with Crippen LogP contribution >= 0.6 is 0 Å². The number of aliphatic hydroxyl groups excluding tert-OH is 6. The van der Waals surface area contributed by atoms with Crippen LogP contribution in [0, 0.1) is 0 Å². The molecule has 10 heteroatoms. The minimum Gasteiger partial charge on any atom is -0.394 e. The van der Waals surface area contributed by atoms with Gasteiger partial charge in [-0.05, 0) is 44.9 Å². The van der Waals surface area contributed by atoms with Gasteiger partial charge in [-0.15, -0.1) is 0 Å². The summed E-state index contributed by atoms with van der Waals surface area (Å²) in [6.07, 6.45) is 45.4. The van der Waals surface area contributed by atoms with Gasteiger partial charge >= 0.3 is 0 Å². The van der Waals surface area contributed by atoms with Crippen molar-refractivity contribution in [2.24, 2.45) is 0 Å². The average Bonchev–Trinajstić information content (AvgIpc) is 3.29. The average molecular weight is 908 g/mol. The molecule has 1 saturated heterocycles. The molecule has 64 heavy (non-hydrogen) atoms. The van der Waals surface area contributed by atoms with Gasteiger partial charge in [0.2, 0.25) is 5.91 Å². The summed E-state index contributed by atoms with van der Waals surface area (Å²) in [6, 6.07) is -1.00. The van der Waals surface area contributed by atoms with Crippen molar-refractivity contribution in [3.63, 3.8) is 0 Å². The van der Waals surface area contributed by atoms with Crippen molar-refractivity contribution >= 4 is 5.91 Å². The minimum absolute atomic E-state index is 0.304. The molecule has 0 aliphatic carbocycles. The van der Waals surface area contributed by atoms with Crippen LogP contribution in [0.15, 0.2) is 36.5 Å². The lowest BCUT2D eigenvalue weighted by atomic mass is 9.99. The second-order valence-corrected chi connectivity index (χ2v) is 18.8. The fraction of sp³-hybridized carbons (Fsp3) is 0.870. The molecule has 1 fully saturated rings. The highest BCUT2D eigenvalue weighted by atomic mass is 16.7. The number of carbonyl (C=O) groups excluding carboxylic acids is 1. The number of unbranched alkanes of at least 4 members (excludes halogenated alkanes) is 30. The second-order valence-electron chi connectivity index (χ2n) is 18.8. The zero-order valence-corrected chi connectivity index (χ0v) is 41.2. The third-order valence-electron chi connectivity index (χ3n) is 12.8. The molecule has 1 aliphatic heterocycles. The molecule has 0 saturated carbocycles. The summed E-state index contributed by atoms with van der Waals surface area (Å²) in [6.45, 7) is 3.58. The van der Waals surface area contributed by atoms with Crippen molar-refractivity contribution in [2.75, 3.05) is 13.2 Å². The SMILES string of the molecule is CCCCCC/C=C/CC/C=C/CC/C=C/C(O)C(COC1OC(CO)C(O)C(O)C1O)NC(=O)C(O)CCCCCCCCCCCCCCCCCCCCCCCCCCC. The summed E-state index contributed by atoms with van der Waals surface area (Å²) >= 11 is 0. The van der Waals surface area contributed by atoms with Gasteiger partial charge in [0, 0.05) is 0 Å². The van der Waals surface area contributed by atoms with Gasteiger partial charge in [-0.2, -0.15) is 0 Å². The Morgan fingerprint density at radius 1 is 0.531 bits per heavy atom. The molecular weight excluding hydrogens is 807 g/mol. The number of aliphatic hydroxyl groups is 6. The molecule has 1 heterocycles. The van der Waals surface area contributed by atoms with E-state index in [-0.39, 0.29) is 6.61 Å². The van der Waals surface area contributed by atoms with E-state index in [1.54, 1.807) is 6.08 Å². The van der Waals surface area contributed by atoms with Gasteiger partial charge in [0.15, 0.2) is 6.29 Å². The molecule has 7 N–H and O–H groups in total. The Morgan fingerprint density at radius 3 is 1.36 bits per heavy atom. The van der Waals surface area contributed by atoms with Crippen LogP contribution in [0.2, 0.25) is 0 Å². The van der Waals surface area contributed by atoms with Crippen LogP contribution < -0.4 is 5.32 Å². The lowest BCUT2D eigenvalue weighted by Crippen LogP contribution is -2.60. The smallest absolute Gasteiger partial charge is 0.249 e. The van der Waals surface area contributed by atoms with Gasteiger partial charge < -0.3 is 45.4 Å². The lowest BCUT2D eigenvalue weighted by molar-refractivity contribution is -0.302. The van der Waals surface area contributed by atoms with Crippen LogP contribution in [0.1, 0.15) is 239 Å². The number of rotatable bonds is 45. The van der Waals surface area contributed by atoms with E-state index in [1.807, 2.05) is 6.08 Å². The van der Waals surface area contributed by atoms with Crippen molar-refractivity contribution in [3.8, 4) is 0 Å². The maximum absolute atomic E-state index is 13.1. The Hall–Kier alpha value is -1.63. The molecular formula is C54H101NO9. The number of hydrogen-bond acceptors (Lipinski definition) is 9. The molecule has 8 atom stereocenters. The van der Waals surface area contributed by atoms with E-state index < -0.39 is 61.5 Å². The summed E-state index contributed by atoms with van der Waals surface area (Å²) in [5.41, 5.74) is 0. The number of amides is 1. The van der Waals surface area contributed by atoms with Gasteiger partial charge in [0.1, 0.15) is 30.5 Å². The van der Waals surface area contributed by atoms with E-state index >= 15 is 0 Å². The Kier molecular flexibility index (Phi) is 41.4. The zero-order valence-electron chi connectivity index (χ0n) is 41.2. The summed E-state index contributed by atoms with van der Waals surface area (Å²) in [5.74, 6) is -0.628. The molecule has 0 aromatic carbocycles. The summed E-state index contributed by atoms with van der Waals surface area (Å²) in [4.78, 5) is 13.1. The van der Waals surface area contributed by atoms with Crippen molar-refractivity contribution in [1.29, 1.82) is 0 Å². The standard InChI is InChI=1S/C54H101NO9/c1-3-5-7-9-11-13-15-17-19-20-21-22-23-24-25-26-27-28-29-31-33-35-37-39-41-43-48(58)53(62)55-46(45-63-54-52(61)51(60)50(59)49(44-56)64-54)47(57)42-40-38-36-34-32-30-18-16-14-12-10-8-6-4-2/h14,16,32,34,40,42,46-52,54,56-61H,3-13,15,17-31,33,35-39,41,43-45H2,1-2H3,(H,55,62)/b16-14+,34-32+,42-40+. The molecule has 0 aromatic heterocycles. The van der Waals surface area contributed by atoms with Gasteiger partial charge in [-0.25, -0.2) is 0 Å². The molecule has 1 amide bonds. The van der Waals surface area contributed by atoms with E-state index in [9.17, 15) is 35.4 Å². The normalized spacial score (nSPS) is 20.8.